The first kappa shape index (κ1) is 21.8. The molecular formula is C26H27NO5. The Balaban J connectivity index is 1.74. The number of amides is 1. The molecule has 2 atom stereocenters. The number of benzene rings is 2. The van der Waals surface area contributed by atoms with Crippen molar-refractivity contribution in [2.75, 3.05) is 19.8 Å². The smallest absolute Gasteiger partial charge is 0.295 e. The van der Waals surface area contributed by atoms with Crippen molar-refractivity contribution >= 4 is 17.4 Å². The molecule has 32 heavy (non-hydrogen) atoms. The van der Waals surface area contributed by atoms with Gasteiger partial charge in [-0.15, -0.1) is 0 Å². The van der Waals surface area contributed by atoms with Gasteiger partial charge < -0.3 is 19.5 Å². The van der Waals surface area contributed by atoms with E-state index in [0.717, 1.165) is 24.0 Å². The number of ether oxygens (including phenoxy) is 2. The van der Waals surface area contributed by atoms with Crippen molar-refractivity contribution in [1.82, 2.24) is 4.90 Å². The van der Waals surface area contributed by atoms with Crippen LogP contribution in [0.5, 0.6) is 5.75 Å². The maximum atomic E-state index is 13.1. The van der Waals surface area contributed by atoms with Crippen LogP contribution in [0.15, 0.2) is 66.8 Å². The molecule has 6 nitrogen and oxygen atoms in total. The lowest BCUT2D eigenvalue weighted by Gasteiger charge is -2.27. The molecule has 0 unspecified atom stereocenters. The molecule has 2 aromatic carbocycles. The van der Waals surface area contributed by atoms with E-state index in [4.69, 9.17) is 9.47 Å². The Morgan fingerprint density at radius 3 is 2.53 bits per heavy atom. The molecule has 0 bridgehead atoms. The molecule has 6 heteroatoms. The van der Waals surface area contributed by atoms with E-state index >= 15 is 0 Å². The number of hydrogen-bond donors (Lipinski definition) is 1. The summed E-state index contributed by atoms with van der Waals surface area (Å²) >= 11 is 0. The third kappa shape index (κ3) is 4.32. The van der Waals surface area contributed by atoms with Crippen molar-refractivity contribution in [3.05, 3.63) is 83.4 Å². The number of aryl methyl sites for hydroxylation is 1. The van der Waals surface area contributed by atoms with Gasteiger partial charge in [-0.25, -0.2) is 0 Å². The highest BCUT2D eigenvalue weighted by molar-refractivity contribution is 6.46. The van der Waals surface area contributed by atoms with Crippen LogP contribution in [0.2, 0.25) is 0 Å². The van der Waals surface area contributed by atoms with Crippen LogP contribution in [0.3, 0.4) is 0 Å². The Hall–Kier alpha value is -3.38. The number of carbonyl (C=O) groups excluding carboxylic acids is 2. The van der Waals surface area contributed by atoms with Gasteiger partial charge in [-0.05, 0) is 49.6 Å². The molecule has 1 amide bonds. The van der Waals surface area contributed by atoms with Crippen LogP contribution in [-0.2, 0) is 14.3 Å². The summed E-state index contributed by atoms with van der Waals surface area (Å²) in [4.78, 5) is 27.6. The standard InChI is InChI=1S/C26H27NO5/c1-3-14-31-20-12-10-19(11-13-20)24(28)22-23(18-8-6-17(2)7-9-18)27(26(30)25(22)29)16-21-5-4-15-32-21/h3,6-13,21,23,28H,1,4-5,14-16H2,2H3/t21-,23-/m1/s1. The van der Waals surface area contributed by atoms with Crippen molar-refractivity contribution in [1.29, 1.82) is 0 Å². The van der Waals surface area contributed by atoms with Gasteiger partial charge in [-0.2, -0.15) is 0 Å². The average Bonchev–Trinajstić information content (AvgIpc) is 3.41. The van der Waals surface area contributed by atoms with Gasteiger partial charge in [-0.1, -0.05) is 42.5 Å². The molecule has 2 aromatic rings. The maximum absolute atomic E-state index is 13.1. The van der Waals surface area contributed by atoms with E-state index in [1.807, 2.05) is 31.2 Å². The summed E-state index contributed by atoms with van der Waals surface area (Å²) in [6, 6.07) is 13.8. The second-order valence-electron chi connectivity index (χ2n) is 8.12. The maximum Gasteiger partial charge on any atom is 0.295 e. The van der Waals surface area contributed by atoms with Crippen LogP contribution in [0.4, 0.5) is 0 Å². The highest BCUT2D eigenvalue weighted by Crippen LogP contribution is 2.40. The van der Waals surface area contributed by atoms with Gasteiger partial charge in [0.25, 0.3) is 11.7 Å². The Bertz CT molecular complexity index is 1030. The van der Waals surface area contributed by atoms with Crippen LogP contribution in [-0.4, -0.2) is 47.6 Å². The monoisotopic (exact) mass is 433 g/mol. The lowest BCUT2D eigenvalue weighted by Crippen LogP contribution is -2.36. The first-order chi connectivity index (χ1) is 15.5. The lowest BCUT2D eigenvalue weighted by atomic mass is 9.94. The van der Waals surface area contributed by atoms with Crippen molar-refractivity contribution < 1.29 is 24.2 Å². The normalized spacial score (nSPS) is 22.3. The Labute approximate surface area is 187 Å². The molecule has 0 aliphatic carbocycles. The molecule has 0 radical (unpaired) electrons. The predicted molar refractivity (Wildman–Crippen MR) is 121 cm³/mol. The number of likely N-dealkylation sites (tertiary alicyclic amines) is 1. The van der Waals surface area contributed by atoms with E-state index in [1.165, 1.54) is 4.90 Å². The third-order valence-electron chi connectivity index (χ3n) is 5.85. The Morgan fingerprint density at radius 1 is 1.19 bits per heavy atom. The zero-order valence-electron chi connectivity index (χ0n) is 18.1. The fourth-order valence-electron chi connectivity index (χ4n) is 4.19. The van der Waals surface area contributed by atoms with E-state index in [1.54, 1.807) is 30.3 Å². The van der Waals surface area contributed by atoms with Crippen molar-refractivity contribution in [2.45, 2.75) is 31.9 Å². The summed E-state index contributed by atoms with van der Waals surface area (Å²) in [7, 11) is 0. The van der Waals surface area contributed by atoms with Crippen molar-refractivity contribution in [2.24, 2.45) is 0 Å². The van der Waals surface area contributed by atoms with E-state index in [9.17, 15) is 14.7 Å². The number of Topliss-reactive ketones (excluding diaryl/α,β-unsaturated/α-hetero) is 1. The zero-order valence-corrected chi connectivity index (χ0v) is 18.1. The van der Waals surface area contributed by atoms with E-state index in [-0.39, 0.29) is 17.4 Å². The predicted octanol–water partition coefficient (Wildman–Crippen LogP) is 4.16. The van der Waals surface area contributed by atoms with Crippen LogP contribution in [0.1, 0.15) is 35.6 Å². The van der Waals surface area contributed by atoms with E-state index in [2.05, 4.69) is 6.58 Å². The van der Waals surface area contributed by atoms with Gasteiger partial charge in [0.1, 0.15) is 18.1 Å². The summed E-state index contributed by atoms with van der Waals surface area (Å²) in [5, 5.41) is 11.1. The van der Waals surface area contributed by atoms with Gasteiger partial charge in [0.05, 0.1) is 17.7 Å². The number of ketones is 1. The number of nitrogens with zero attached hydrogens (tertiary/aromatic N) is 1. The number of hydrogen-bond acceptors (Lipinski definition) is 5. The second-order valence-corrected chi connectivity index (χ2v) is 8.12. The number of aliphatic hydroxyl groups excluding tert-OH is 1. The van der Waals surface area contributed by atoms with Crippen molar-refractivity contribution in [3.63, 3.8) is 0 Å². The van der Waals surface area contributed by atoms with Crippen LogP contribution in [0.25, 0.3) is 5.76 Å². The molecule has 1 N–H and O–H groups in total. The number of aliphatic hydroxyl groups is 1. The van der Waals surface area contributed by atoms with Gasteiger partial charge in [0.2, 0.25) is 0 Å². The zero-order chi connectivity index (χ0) is 22.7. The molecule has 166 valence electrons. The molecule has 4 rings (SSSR count). The summed E-state index contributed by atoms with van der Waals surface area (Å²) in [6.07, 6.45) is 3.31. The highest BCUT2D eigenvalue weighted by Gasteiger charge is 2.47. The highest BCUT2D eigenvalue weighted by atomic mass is 16.5. The molecule has 0 spiro atoms. The number of carbonyl (C=O) groups is 2. The minimum absolute atomic E-state index is 0.0941. The molecular weight excluding hydrogens is 406 g/mol. The third-order valence-corrected chi connectivity index (χ3v) is 5.85. The van der Waals surface area contributed by atoms with Gasteiger partial charge in [-0.3, -0.25) is 9.59 Å². The largest absolute Gasteiger partial charge is 0.507 e. The average molecular weight is 434 g/mol. The second kappa shape index (κ2) is 9.40. The summed E-state index contributed by atoms with van der Waals surface area (Å²) in [6.45, 7) is 6.93. The van der Waals surface area contributed by atoms with Crippen LogP contribution in [0, 0.1) is 6.92 Å². The molecule has 2 fully saturated rings. The first-order valence-corrected chi connectivity index (χ1v) is 10.8. The lowest BCUT2D eigenvalue weighted by molar-refractivity contribution is -0.140. The Kier molecular flexibility index (Phi) is 6.42. The SMILES string of the molecule is C=CCOc1ccc(C(O)=C2C(=O)C(=O)N(C[C@H]3CCCO3)[C@@H]2c2ccc(C)cc2)cc1. The molecule has 0 aromatic heterocycles. The van der Waals surface area contributed by atoms with Crippen LogP contribution >= 0.6 is 0 Å². The van der Waals surface area contributed by atoms with E-state index in [0.29, 0.717) is 31.1 Å². The fourth-order valence-corrected chi connectivity index (χ4v) is 4.19. The summed E-state index contributed by atoms with van der Waals surface area (Å²) < 4.78 is 11.2. The summed E-state index contributed by atoms with van der Waals surface area (Å²) in [5.41, 5.74) is 2.39. The van der Waals surface area contributed by atoms with Gasteiger partial charge >= 0.3 is 0 Å². The topological polar surface area (TPSA) is 76.1 Å². The Morgan fingerprint density at radius 2 is 1.91 bits per heavy atom. The van der Waals surface area contributed by atoms with Gasteiger partial charge in [0.15, 0.2) is 0 Å². The van der Waals surface area contributed by atoms with Gasteiger partial charge in [0, 0.05) is 18.7 Å². The first-order valence-electron chi connectivity index (χ1n) is 10.8. The fraction of sp³-hybridized carbons (Fsp3) is 0.308. The molecule has 2 aliphatic heterocycles. The van der Waals surface area contributed by atoms with E-state index < -0.39 is 17.7 Å². The molecule has 2 aliphatic rings. The molecule has 0 saturated carbocycles. The summed E-state index contributed by atoms with van der Waals surface area (Å²) in [5.74, 6) is -0.869. The minimum atomic E-state index is -0.682. The van der Waals surface area contributed by atoms with Crippen LogP contribution < -0.4 is 4.74 Å². The minimum Gasteiger partial charge on any atom is -0.507 e. The molecule has 2 heterocycles. The molecule has 2 saturated heterocycles. The quantitative estimate of drug-likeness (QED) is 0.307. The van der Waals surface area contributed by atoms with Crippen molar-refractivity contribution in [3.8, 4) is 5.75 Å². The number of rotatable bonds is 7.